The lowest BCUT2D eigenvalue weighted by atomic mass is 10.1. The zero-order chi connectivity index (χ0) is 9.68. The smallest absolute Gasteiger partial charge is 0.246 e. The van der Waals surface area contributed by atoms with Crippen LogP contribution in [-0.4, -0.2) is 37.1 Å². The maximum atomic E-state index is 11.4. The molecule has 0 radical (unpaired) electrons. The van der Waals surface area contributed by atoms with Gasteiger partial charge in [-0.15, -0.1) is 0 Å². The van der Waals surface area contributed by atoms with Gasteiger partial charge in [-0.25, -0.2) is 0 Å². The van der Waals surface area contributed by atoms with Crippen molar-refractivity contribution in [3.8, 4) is 0 Å². The van der Waals surface area contributed by atoms with Crippen LogP contribution < -0.4 is 0 Å². The molecule has 1 fully saturated rings. The highest BCUT2D eigenvalue weighted by atomic mass is 16.5. The summed E-state index contributed by atoms with van der Waals surface area (Å²) in [5.74, 6) is 0.101. The molecule has 3 nitrogen and oxygen atoms in total. The second-order valence-electron chi connectivity index (χ2n) is 3.28. The number of rotatable bonds is 2. The molecule has 74 valence electrons. The van der Waals surface area contributed by atoms with E-state index in [0.717, 1.165) is 25.9 Å². The van der Waals surface area contributed by atoms with Gasteiger partial charge in [0.2, 0.25) is 5.91 Å². The minimum atomic E-state index is 0.101. The van der Waals surface area contributed by atoms with Crippen molar-refractivity contribution in [3.05, 3.63) is 12.2 Å². The van der Waals surface area contributed by atoms with Gasteiger partial charge < -0.3 is 9.64 Å². The first-order valence-corrected chi connectivity index (χ1v) is 4.72. The van der Waals surface area contributed by atoms with E-state index in [1.165, 1.54) is 0 Å². The van der Waals surface area contributed by atoms with Gasteiger partial charge >= 0.3 is 0 Å². The van der Waals surface area contributed by atoms with Gasteiger partial charge in [-0.3, -0.25) is 4.79 Å². The molecule has 0 saturated carbocycles. The molecule has 1 heterocycles. The minimum Gasteiger partial charge on any atom is -0.380 e. The van der Waals surface area contributed by atoms with Crippen LogP contribution in [0.15, 0.2) is 12.2 Å². The topological polar surface area (TPSA) is 29.5 Å². The zero-order valence-electron chi connectivity index (χ0n) is 8.32. The van der Waals surface area contributed by atoms with Crippen molar-refractivity contribution in [2.45, 2.75) is 25.9 Å². The fourth-order valence-electron chi connectivity index (χ4n) is 1.58. The lowest BCUT2D eigenvalue weighted by molar-refractivity contribution is -0.129. The van der Waals surface area contributed by atoms with Gasteiger partial charge in [-0.1, -0.05) is 6.08 Å². The van der Waals surface area contributed by atoms with Gasteiger partial charge in [0.1, 0.15) is 0 Å². The quantitative estimate of drug-likeness (QED) is 0.602. The molecule has 3 heteroatoms. The molecule has 0 aromatic heterocycles. The van der Waals surface area contributed by atoms with Crippen LogP contribution in [0.2, 0.25) is 0 Å². The Bertz CT molecular complexity index is 201. The van der Waals surface area contributed by atoms with Crippen molar-refractivity contribution in [3.63, 3.8) is 0 Å². The van der Waals surface area contributed by atoms with E-state index in [1.54, 1.807) is 19.3 Å². The average molecular weight is 183 g/mol. The summed E-state index contributed by atoms with van der Waals surface area (Å²) in [5.41, 5.74) is 0. The number of piperidine rings is 1. The number of carbonyl (C=O) groups is 1. The molecule has 0 N–H and O–H groups in total. The Labute approximate surface area is 79.4 Å². The van der Waals surface area contributed by atoms with Crippen molar-refractivity contribution >= 4 is 5.91 Å². The van der Waals surface area contributed by atoms with Crippen LogP contribution in [0, 0.1) is 0 Å². The third kappa shape index (κ3) is 2.84. The fraction of sp³-hybridized carbons (Fsp3) is 0.700. The Morgan fingerprint density at radius 2 is 2.38 bits per heavy atom. The van der Waals surface area contributed by atoms with Crippen LogP contribution in [0.4, 0.5) is 0 Å². The summed E-state index contributed by atoms with van der Waals surface area (Å²) in [5, 5.41) is 0. The molecule has 1 unspecified atom stereocenters. The summed E-state index contributed by atoms with van der Waals surface area (Å²) in [4.78, 5) is 13.3. The summed E-state index contributed by atoms with van der Waals surface area (Å²) in [6.07, 6.45) is 5.72. The SMILES string of the molecule is C/C=C/C(=O)N1CCCC(OC)C1. The number of likely N-dealkylation sites (tertiary alicyclic amines) is 1. The first-order valence-electron chi connectivity index (χ1n) is 4.72. The van der Waals surface area contributed by atoms with Gasteiger partial charge in [0, 0.05) is 20.2 Å². The average Bonchev–Trinajstić information content (AvgIpc) is 2.18. The Morgan fingerprint density at radius 1 is 1.62 bits per heavy atom. The third-order valence-electron chi connectivity index (χ3n) is 2.33. The molecule has 0 aromatic carbocycles. The van der Waals surface area contributed by atoms with Crippen LogP contribution in [0.25, 0.3) is 0 Å². The molecule has 1 amide bonds. The number of hydrogen-bond donors (Lipinski definition) is 0. The first-order chi connectivity index (χ1) is 6.27. The Kier molecular flexibility index (Phi) is 3.96. The third-order valence-corrected chi connectivity index (χ3v) is 2.33. The monoisotopic (exact) mass is 183 g/mol. The number of allylic oxidation sites excluding steroid dienone is 1. The van der Waals surface area contributed by atoms with Gasteiger partial charge in [-0.2, -0.15) is 0 Å². The van der Waals surface area contributed by atoms with Crippen LogP contribution in [0.5, 0.6) is 0 Å². The molecule has 1 aliphatic heterocycles. The van der Waals surface area contributed by atoms with Gasteiger partial charge in [0.25, 0.3) is 0 Å². The van der Waals surface area contributed by atoms with Crippen LogP contribution in [0.3, 0.4) is 0 Å². The number of amides is 1. The molecule has 1 aliphatic rings. The van der Waals surface area contributed by atoms with Crippen LogP contribution in [-0.2, 0) is 9.53 Å². The summed E-state index contributed by atoms with van der Waals surface area (Å²) < 4.78 is 5.23. The molecule has 0 aromatic rings. The molecule has 0 aliphatic carbocycles. The van der Waals surface area contributed by atoms with E-state index in [9.17, 15) is 4.79 Å². The number of nitrogens with zero attached hydrogens (tertiary/aromatic N) is 1. The van der Waals surface area contributed by atoms with Crippen LogP contribution in [0.1, 0.15) is 19.8 Å². The minimum absolute atomic E-state index is 0.101. The second-order valence-corrected chi connectivity index (χ2v) is 3.28. The van der Waals surface area contributed by atoms with Crippen molar-refractivity contribution in [1.82, 2.24) is 4.90 Å². The molecule has 0 bridgehead atoms. The van der Waals surface area contributed by atoms with Crippen molar-refractivity contribution in [2.24, 2.45) is 0 Å². The van der Waals surface area contributed by atoms with Gasteiger partial charge in [0.15, 0.2) is 0 Å². The van der Waals surface area contributed by atoms with E-state index in [2.05, 4.69) is 0 Å². The number of methoxy groups -OCH3 is 1. The number of carbonyl (C=O) groups excluding carboxylic acids is 1. The largest absolute Gasteiger partial charge is 0.380 e. The molecule has 13 heavy (non-hydrogen) atoms. The fourth-order valence-corrected chi connectivity index (χ4v) is 1.58. The van der Waals surface area contributed by atoms with E-state index in [0.29, 0.717) is 0 Å². The second kappa shape index (κ2) is 5.02. The lowest BCUT2D eigenvalue weighted by Crippen LogP contribution is -2.42. The summed E-state index contributed by atoms with van der Waals surface area (Å²) in [7, 11) is 1.70. The van der Waals surface area contributed by atoms with Gasteiger partial charge in [0.05, 0.1) is 6.10 Å². The van der Waals surface area contributed by atoms with E-state index in [1.807, 2.05) is 11.8 Å². The molecule has 0 spiro atoms. The highest BCUT2D eigenvalue weighted by Crippen LogP contribution is 2.12. The normalized spacial score (nSPS) is 23.8. The predicted molar refractivity (Wildman–Crippen MR) is 51.4 cm³/mol. The standard InChI is InChI=1S/C10H17NO2/c1-3-5-10(12)11-7-4-6-9(8-11)13-2/h3,5,9H,4,6-8H2,1-2H3/b5-3+. The van der Waals surface area contributed by atoms with E-state index >= 15 is 0 Å². The lowest BCUT2D eigenvalue weighted by Gasteiger charge is -2.31. The maximum absolute atomic E-state index is 11.4. The molecule has 1 rings (SSSR count). The maximum Gasteiger partial charge on any atom is 0.246 e. The van der Waals surface area contributed by atoms with Crippen molar-refractivity contribution in [1.29, 1.82) is 0 Å². The molecule has 1 atom stereocenters. The first kappa shape index (κ1) is 10.3. The predicted octanol–water partition coefficient (Wildman–Crippen LogP) is 1.20. The summed E-state index contributed by atoms with van der Waals surface area (Å²) in [6.45, 7) is 3.46. The zero-order valence-corrected chi connectivity index (χ0v) is 8.32. The summed E-state index contributed by atoms with van der Waals surface area (Å²) in [6, 6.07) is 0. The van der Waals surface area contributed by atoms with Gasteiger partial charge in [-0.05, 0) is 25.8 Å². The Morgan fingerprint density at radius 3 is 3.00 bits per heavy atom. The summed E-state index contributed by atoms with van der Waals surface area (Å²) >= 11 is 0. The molecular formula is C10H17NO2. The van der Waals surface area contributed by atoms with E-state index in [4.69, 9.17) is 4.74 Å². The van der Waals surface area contributed by atoms with Crippen molar-refractivity contribution < 1.29 is 9.53 Å². The van der Waals surface area contributed by atoms with Crippen molar-refractivity contribution in [2.75, 3.05) is 20.2 Å². The van der Waals surface area contributed by atoms with E-state index < -0.39 is 0 Å². The molecular weight excluding hydrogens is 166 g/mol. The Hall–Kier alpha value is -0.830. The van der Waals surface area contributed by atoms with Crippen LogP contribution >= 0.6 is 0 Å². The highest BCUT2D eigenvalue weighted by molar-refractivity contribution is 5.87. The number of ether oxygens (including phenoxy) is 1. The number of hydrogen-bond acceptors (Lipinski definition) is 2. The highest BCUT2D eigenvalue weighted by Gasteiger charge is 2.21. The van der Waals surface area contributed by atoms with E-state index in [-0.39, 0.29) is 12.0 Å². The molecule has 1 saturated heterocycles. The Balaban J connectivity index is 2.46.